The minimum Gasteiger partial charge on any atom is -0.310 e. The summed E-state index contributed by atoms with van der Waals surface area (Å²) >= 11 is 1.86. The minimum absolute atomic E-state index is 1.12. The van der Waals surface area contributed by atoms with E-state index in [9.17, 15) is 0 Å². The van der Waals surface area contributed by atoms with Gasteiger partial charge in [0.05, 0.1) is 22.4 Å². The Balaban J connectivity index is 1.29. The van der Waals surface area contributed by atoms with Gasteiger partial charge in [-0.15, -0.1) is 11.3 Å². The monoisotopic (exact) mass is 592 g/mol. The van der Waals surface area contributed by atoms with Gasteiger partial charge in [0.15, 0.2) is 0 Å². The fraction of sp³-hybridized carbons (Fsp3) is 0. The standard InChI is InChI=1S/C42H28N2S/c1-2-14-29(15-3-1)43(30-26-27-36-35-20-8-13-25-41(35)45-42(36)28-30)37-21-9-4-16-31(37)32-17-5-10-22-38(32)44-39-23-11-6-18-33(39)34-19-7-12-24-40(34)44/h1-28H. The summed E-state index contributed by atoms with van der Waals surface area (Å²) in [5.74, 6) is 0. The van der Waals surface area contributed by atoms with Crippen molar-refractivity contribution in [2.24, 2.45) is 0 Å². The van der Waals surface area contributed by atoms with Crippen LogP contribution in [0, 0.1) is 0 Å². The molecule has 212 valence electrons. The number of fused-ring (bicyclic) bond motifs is 6. The maximum Gasteiger partial charge on any atom is 0.0541 e. The van der Waals surface area contributed by atoms with Crippen molar-refractivity contribution in [3.8, 4) is 16.8 Å². The largest absolute Gasteiger partial charge is 0.310 e. The lowest BCUT2D eigenvalue weighted by molar-refractivity contribution is 1.18. The molecule has 0 N–H and O–H groups in total. The highest BCUT2D eigenvalue weighted by Crippen LogP contribution is 2.45. The second kappa shape index (κ2) is 10.5. The minimum atomic E-state index is 1.12. The fourth-order valence-electron chi connectivity index (χ4n) is 6.83. The van der Waals surface area contributed by atoms with E-state index >= 15 is 0 Å². The zero-order chi connectivity index (χ0) is 29.7. The summed E-state index contributed by atoms with van der Waals surface area (Å²) in [5, 5.41) is 5.14. The molecule has 0 unspecified atom stereocenters. The van der Waals surface area contributed by atoms with Crippen LogP contribution in [0.3, 0.4) is 0 Å². The first-order valence-electron chi connectivity index (χ1n) is 15.3. The van der Waals surface area contributed by atoms with Gasteiger partial charge in [-0.2, -0.15) is 0 Å². The number of aromatic nitrogens is 1. The molecule has 3 heteroatoms. The van der Waals surface area contributed by atoms with Crippen LogP contribution in [0.5, 0.6) is 0 Å². The lowest BCUT2D eigenvalue weighted by atomic mass is 9.99. The summed E-state index contributed by atoms with van der Waals surface area (Å²) in [4.78, 5) is 2.40. The number of anilines is 3. The first-order valence-corrected chi connectivity index (χ1v) is 16.1. The molecule has 0 fully saturated rings. The number of thiophene rings is 1. The average Bonchev–Trinajstić information content (AvgIpc) is 3.65. The summed E-state index contributed by atoms with van der Waals surface area (Å²) in [7, 11) is 0. The molecule has 0 saturated carbocycles. The summed E-state index contributed by atoms with van der Waals surface area (Å²) < 4.78 is 5.03. The van der Waals surface area contributed by atoms with Crippen LogP contribution in [0.25, 0.3) is 58.8 Å². The van der Waals surface area contributed by atoms with Gasteiger partial charge in [0.1, 0.15) is 0 Å². The van der Waals surface area contributed by atoms with Crippen molar-refractivity contribution in [3.05, 3.63) is 170 Å². The van der Waals surface area contributed by atoms with E-state index in [1.54, 1.807) is 0 Å². The summed E-state index contributed by atoms with van der Waals surface area (Å²) in [6, 6.07) is 61.4. The smallest absolute Gasteiger partial charge is 0.0541 e. The molecule has 0 spiro atoms. The zero-order valence-electron chi connectivity index (χ0n) is 24.5. The molecular weight excluding hydrogens is 565 g/mol. The van der Waals surface area contributed by atoms with Crippen LogP contribution in [0.2, 0.25) is 0 Å². The highest BCUT2D eigenvalue weighted by atomic mass is 32.1. The Morgan fingerprint density at radius 3 is 1.76 bits per heavy atom. The van der Waals surface area contributed by atoms with Crippen molar-refractivity contribution >= 4 is 70.4 Å². The van der Waals surface area contributed by atoms with Gasteiger partial charge in [-0.25, -0.2) is 0 Å². The van der Waals surface area contributed by atoms with Crippen molar-refractivity contribution in [2.45, 2.75) is 0 Å². The molecule has 0 aliphatic rings. The lowest BCUT2D eigenvalue weighted by Crippen LogP contribution is -2.11. The molecule has 45 heavy (non-hydrogen) atoms. The van der Waals surface area contributed by atoms with E-state index in [0.717, 1.165) is 22.7 Å². The molecule has 0 atom stereocenters. The highest BCUT2D eigenvalue weighted by molar-refractivity contribution is 7.25. The summed E-state index contributed by atoms with van der Waals surface area (Å²) in [6.45, 7) is 0. The number of rotatable bonds is 5. The van der Waals surface area contributed by atoms with E-state index in [1.165, 1.54) is 53.1 Å². The fourth-order valence-corrected chi connectivity index (χ4v) is 7.97. The van der Waals surface area contributed by atoms with Crippen LogP contribution in [0.4, 0.5) is 17.1 Å². The molecule has 0 saturated heterocycles. The second-order valence-electron chi connectivity index (χ2n) is 11.4. The molecule has 2 aromatic heterocycles. The molecule has 0 bridgehead atoms. The van der Waals surface area contributed by atoms with E-state index in [0.29, 0.717) is 0 Å². The number of hydrogen-bond donors (Lipinski definition) is 0. The van der Waals surface area contributed by atoms with Crippen LogP contribution >= 0.6 is 11.3 Å². The van der Waals surface area contributed by atoms with Crippen molar-refractivity contribution < 1.29 is 0 Å². The maximum absolute atomic E-state index is 2.42. The first-order chi connectivity index (χ1) is 22.3. The Morgan fingerprint density at radius 2 is 0.978 bits per heavy atom. The third-order valence-electron chi connectivity index (χ3n) is 8.80. The molecule has 9 rings (SSSR count). The van der Waals surface area contributed by atoms with Crippen LogP contribution < -0.4 is 4.90 Å². The predicted molar refractivity (Wildman–Crippen MR) is 194 cm³/mol. The SMILES string of the molecule is c1ccc(N(c2ccc3c(c2)sc2ccccc23)c2ccccc2-c2ccccc2-n2c3ccccc3c3ccccc32)cc1. The summed E-state index contributed by atoms with van der Waals surface area (Å²) in [5.41, 5.74) is 9.34. The van der Waals surface area contributed by atoms with Gasteiger partial charge in [-0.3, -0.25) is 0 Å². The molecule has 0 aliphatic carbocycles. The second-order valence-corrected chi connectivity index (χ2v) is 12.4. The topological polar surface area (TPSA) is 8.17 Å². The van der Waals surface area contributed by atoms with Gasteiger partial charge in [0.2, 0.25) is 0 Å². The van der Waals surface area contributed by atoms with E-state index in [1.807, 2.05) is 11.3 Å². The van der Waals surface area contributed by atoms with E-state index in [4.69, 9.17) is 0 Å². The Hall–Kier alpha value is -5.64. The molecule has 0 radical (unpaired) electrons. The van der Waals surface area contributed by atoms with Crippen molar-refractivity contribution in [1.29, 1.82) is 0 Å². The Bertz CT molecular complexity index is 2450. The van der Waals surface area contributed by atoms with Gasteiger partial charge < -0.3 is 9.47 Å². The molecule has 2 nitrogen and oxygen atoms in total. The van der Waals surface area contributed by atoms with Crippen molar-refractivity contribution in [2.75, 3.05) is 4.90 Å². The van der Waals surface area contributed by atoms with Gasteiger partial charge in [-0.1, -0.05) is 115 Å². The normalized spacial score (nSPS) is 11.6. The lowest BCUT2D eigenvalue weighted by Gasteiger charge is -2.28. The van der Waals surface area contributed by atoms with Crippen molar-refractivity contribution in [1.82, 2.24) is 4.57 Å². The maximum atomic E-state index is 2.42. The number of hydrogen-bond acceptors (Lipinski definition) is 2. The average molecular weight is 593 g/mol. The summed E-state index contributed by atoms with van der Waals surface area (Å²) in [6.07, 6.45) is 0. The third-order valence-corrected chi connectivity index (χ3v) is 9.93. The Labute approximate surface area is 265 Å². The molecule has 0 aliphatic heterocycles. The number of benzene rings is 7. The van der Waals surface area contributed by atoms with Gasteiger partial charge in [0, 0.05) is 53.4 Å². The molecule has 7 aromatic carbocycles. The molecule has 0 amide bonds. The quantitative estimate of drug-likeness (QED) is 0.193. The molecular formula is C42H28N2S. The van der Waals surface area contributed by atoms with Gasteiger partial charge in [-0.05, 0) is 54.6 Å². The first kappa shape index (κ1) is 25.8. The molecule has 2 heterocycles. The third kappa shape index (κ3) is 4.16. The molecule has 9 aromatic rings. The zero-order valence-corrected chi connectivity index (χ0v) is 25.3. The van der Waals surface area contributed by atoms with Crippen LogP contribution in [-0.2, 0) is 0 Å². The van der Waals surface area contributed by atoms with Crippen LogP contribution in [0.15, 0.2) is 170 Å². The predicted octanol–water partition coefficient (Wildman–Crippen LogP) is 12.3. The van der Waals surface area contributed by atoms with Crippen LogP contribution in [0.1, 0.15) is 0 Å². The number of nitrogens with zero attached hydrogens (tertiary/aromatic N) is 2. The van der Waals surface area contributed by atoms with Crippen molar-refractivity contribution in [3.63, 3.8) is 0 Å². The van der Waals surface area contributed by atoms with E-state index in [2.05, 4.69) is 179 Å². The number of para-hydroxylation sites is 5. The van der Waals surface area contributed by atoms with Crippen LogP contribution in [-0.4, -0.2) is 4.57 Å². The Kier molecular flexibility index (Phi) is 6.03. The van der Waals surface area contributed by atoms with Gasteiger partial charge >= 0.3 is 0 Å². The van der Waals surface area contributed by atoms with E-state index < -0.39 is 0 Å². The Morgan fingerprint density at radius 1 is 0.400 bits per heavy atom. The van der Waals surface area contributed by atoms with Gasteiger partial charge in [0.25, 0.3) is 0 Å². The highest BCUT2D eigenvalue weighted by Gasteiger charge is 2.21. The van der Waals surface area contributed by atoms with E-state index in [-0.39, 0.29) is 0 Å².